The van der Waals surface area contributed by atoms with E-state index in [4.69, 9.17) is 11.6 Å². The van der Waals surface area contributed by atoms with Crippen molar-refractivity contribution in [2.45, 2.75) is 6.92 Å². The van der Waals surface area contributed by atoms with Crippen LogP contribution < -0.4 is 0 Å². The van der Waals surface area contributed by atoms with E-state index in [-0.39, 0.29) is 5.78 Å². The topological polar surface area (TPSA) is 17.1 Å². The maximum absolute atomic E-state index is 12.6. The van der Waals surface area contributed by atoms with E-state index < -0.39 is 0 Å². The van der Waals surface area contributed by atoms with E-state index >= 15 is 0 Å². The molecule has 3 aromatic rings. The van der Waals surface area contributed by atoms with Gasteiger partial charge in [0.15, 0.2) is 0 Å². The zero-order valence-electron chi connectivity index (χ0n) is 10.3. The highest BCUT2D eigenvalue weighted by Crippen LogP contribution is 2.29. The average molecular weight is 287 g/mol. The molecule has 0 atom stereocenters. The van der Waals surface area contributed by atoms with Gasteiger partial charge in [-0.3, -0.25) is 4.79 Å². The van der Waals surface area contributed by atoms with E-state index in [0.29, 0.717) is 10.6 Å². The van der Waals surface area contributed by atoms with Crippen molar-refractivity contribution in [1.82, 2.24) is 0 Å². The molecule has 0 radical (unpaired) electrons. The first-order chi connectivity index (χ1) is 9.16. The van der Waals surface area contributed by atoms with Crippen molar-refractivity contribution in [3.63, 3.8) is 0 Å². The maximum atomic E-state index is 12.6. The van der Waals surface area contributed by atoms with Crippen LogP contribution in [0.15, 0.2) is 48.5 Å². The number of thiophene rings is 1. The number of carbonyl (C=O) groups is 1. The molecule has 0 amide bonds. The summed E-state index contributed by atoms with van der Waals surface area (Å²) in [7, 11) is 0. The Morgan fingerprint density at radius 1 is 1.00 bits per heavy atom. The zero-order valence-corrected chi connectivity index (χ0v) is 11.9. The van der Waals surface area contributed by atoms with E-state index in [2.05, 4.69) is 0 Å². The highest BCUT2D eigenvalue weighted by molar-refractivity contribution is 7.14. The Morgan fingerprint density at radius 2 is 1.74 bits per heavy atom. The fourth-order valence-corrected chi connectivity index (χ4v) is 3.20. The van der Waals surface area contributed by atoms with Gasteiger partial charge in [-0.15, -0.1) is 11.3 Å². The molecule has 19 heavy (non-hydrogen) atoms. The third kappa shape index (κ3) is 2.18. The summed E-state index contributed by atoms with van der Waals surface area (Å²) in [5.74, 6) is 0.0611. The van der Waals surface area contributed by atoms with E-state index in [0.717, 1.165) is 20.5 Å². The third-order valence-corrected chi connectivity index (χ3v) is 4.41. The summed E-state index contributed by atoms with van der Waals surface area (Å²) in [5.41, 5.74) is 0.710. The van der Waals surface area contributed by atoms with E-state index in [9.17, 15) is 4.79 Å². The van der Waals surface area contributed by atoms with Gasteiger partial charge in [-0.05, 0) is 36.6 Å². The summed E-state index contributed by atoms with van der Waals surface area (Å²) in [6, 6.07) is 15.2. The van der Waals surface area contributed by atoms with Gasteiger partial charge in [-0.25, -0.2) is 0 Å². The molecular weight excluding hydrogens is 276 g/mol. The smallest absolute Gasteiger partial charge is 0.203 e. The number of ketones is 1. The molecular formula is C16H11ClOS. The molecule has 0 fully saturated rings. The van der Waals surface area contributed by atoms with Gasteiger partial charge >= 0.3 is 0 Å². The average Bonchev–Trinajstić information content (AvgIpc) is 2.86. The van der Waals surface area contributed by atoms with Crippen LogP contribution in [0.4, 0.5) is 0 Å². The van der Waals surface area contributed by atoms with Crippen molar-refractivity contribution in [1.29, 1.82) is 0 Å². The Balaban J connectivity index is 2.21. The molecule has 2 aromatic carbocycles. The lowest BCUT2D eigenvalue weighted by atomic mass is 10.0. The number of fused-ring (bicyclic) bond motifs is 1. The molecule has 0 saturated heterocycles. The predicted molar refractivity (Wildman–Crippen MR) is 81.4 cm³/mol. The number of carbonyl (C=O) groups excluding carboxylic acids is 1. The lowest BCUT2D eigenvalue weighted by molar-refractivity contribution is 0.104. The Bertz CT molecular complexity index is 773. The maximum Gasteiger partial charge on any atom is 0.203 e. The molecule has 1 aromatic heterocycles. The van der Waals surface area contributed by atoms with Crippen molar-refractivity contribution in [3.05, 3.63) is 68.9 Å². The SMILES string of the molecule is Cc1ccc(C(=O)c2ccc(Cl)c3ccccc23)s1. The first-order valence-electron chi connectivity index (χ1n) is 5.95. The Morgan fingerprint density at radius 3 is 2.42 bits per heavy atom. The quantitative estimate of drug-likeness (QED) is 0.599. The Kier molecular flexibility index (Phi) is 3.13. The van der Waals surface area contributed by atoms with E-state index in [1.165, 1.54) is 11.3 Å². The summed E-state index contributed by atoms with van der Waals surface area (Å²) >= 11 is 7.70. The van der Waals surface area contributed by atoms with Crippen LogP contribution in [0.2, 0.25) is 5.02 Å². The van der Waals surface area contributed by atoms with Crippen molar-refractivity contribution in [2.75, 3.05) is 0 Å². The number of benzene rings is 2. The van der Waals surface area contributed by atoms with Crippen LogP contribution in [-0.4, -0.2) is 5.78 Å². The minimum absolute atomic E-state index is 0.0611. The van der Waals surface area contributed by atoms with Gasteiger partial charge in [0.1, 0.15) is 0 Å². The minimum atomic E-state index is 0.0611. The summed E-state index contributed by atoms with van der Waals surface area (Å²) < 4.78 is 0. The van der Waals surface area contributed by atoms with Gasteiger partial charge in [-0.1, -0.05) is 35.9 Å². The molecule has 94 valence electrons. The van der Waals surface area contributed by atoms with Gasteiger partial charge in [0, 0.05) is 20.8 Å². The number of hydrogen-bond acceptors (Lipinski definition) is 2. The highest BCUT2D eigenvalue weighted by atomic mass is 35.5. The summed E-state index contributed by atoms with van der Waals surface area (Å²) in [5, 5.41) is 2.50. The van der Waals surface area contributed by atoms with Crippen molar-refractivity contribution < 1.29 is 4.79 Å². The fourth-order valence-electron chi connectivity index (χ4n) is 2.15. The van der Waals surface area contributed by atoms with Crippen LogP contribution in [0, 0.1) is 6.92 Å². The molecule has 3 heteroatoms. The second kappa shape index (κ2) is 4.80. The fraction of sp³-hybridized carbons (Fsp3) is 0.0625. The lowest BCUT2D eigenvalue weighted by Crippen LogP contribution is -1.99. The van der Waals surface area contributed by atoms with Gasteiger partial charge in [0.2, 0.25) is 5.78 Å². The zero-order chi connectivity index (χ0) is 13.4. The number of halogens is 1. The molecule has 1 heterocycles. The highest BCUT2D eigenvalue weighted by Gasteiger charge is 2.15. The van der Waals surface area contributed by atoms with Crippen LogP contribution in [0.5, 0.6) is 0 Å². The Hall–Kier alpha value is -1.64. The van der Waals surface area contributed by atoms with Gasteiger partial charge in [0.25, 0.3) is 0 Å². The molecule has 0 unspecified atom stereocenters. The van der Waals surface area contributed by atoms with Crippen LogP contribution in [0.1, 0.15) is 20.1 Å². The first kappa shape index (κ1) is 12.4. The second-order valence-corrected chi connectivity index (χ2v) is 6.08. The van der Waals surface area contributed by atoms with E-state index in [1.54, 1.807) is 6.07 Å². The molecule has 0 aliphatic heterocycles. The monoisotopic (exact) mass is 286 g/mol. The molecule has 0 bridgehead atoms. The van der Waals surface area contributed by atoms with Crippen LogP contribution in [0.3, 0.4) is 0 Å². The lowest BCUT2D eigenvalue weighted by Gasteiger charge is -2.06. The van der Waals surface area contributed by atoms with Gasteiger partial charge in [-0.2, -0.15) is 0 Å². The molecule has 1 nitrogen and oxygen atoms in total. The molecule has 0 N–H and O–H groups in total. The first-order valence-corrected chi connectivity index (χ1v) is 7.14. The van der Waals surface area contributed by atoms with E-state index in [1.807, 2.05) is 49.4 Å². The molecule has 0 saturated carbocycles. The van der Waals surface area contributed by atoms with Crippen molar-refractivity contribution in [3.8, 4) is 0 Å². The third-order valence-electron chi connectivity index (χ3n) is 3.08. The molecule has 0 aliphatic carbocycles. The molecule has 0 spiro atoms. The summed E-state index contributed by atoms with van der Waals surface area (Å²) in [4.78, 5) is 14.5. The molecule has 3 rings (SSSR count). The normalized spacial score (nSPS) is 10.8. The Labute approximate surface area is 120 Å². The minimum Gasteiger partial charge on any atom is -0.288 e. The van der Waals surface area contributed by atoms with Crippen molar-refractivity contribution >= 4 is 39.5 Å². The van der Waals surface area contributed by atoms with Gasteiger partial charge < -0.3 is 0 Å². The van der Waals surface area contributed by atoms with Crippen LogP contribution >= 0.6 is 22.9 Å². The van der Waals surface area contributed by atoms with Crippen molar-refractivity contribution in [2.24, 2.45) is 0 Å². The molecule has 0 aliphatic rings. The summed E-state index contributed by atoms with van der Waals surface area (Å²) in [6.45, 7) is 2.00. The summed E-state index contributed by atoms with van der Waals surface area (Å²) in [6.07, 6.45) is 0. The predicted octanol–water partition coefficient (Wildman–Crippen LogP) is 5.09. The van der Waals surface area contributed by atoms with Gasteiger partial charge in [0.05, 0.1) is 4.88 Å². The standard InChI is InChI=1S/C16H11ClOS/c1-10-6-9-15(19-10)16(18)13-7-8-14(17)12-5-3-2-4-11(12)13/h2-9H,1H3. The number of hydrogen-bond donors (Lipinski definition) is 0. The number of rotatable bonds is 2. The van der Waals surface area contributed by atoms with Crippen LogP contribution in [0.25, 0.3) is 10.8 Å². The van der Waals surface area contributed by atoms with Crippen LogP contribution in [-0.2, 0) is 0 Å². The largest absolute Gasteiger partial charge is 0.288 e. The number of aryl methyl sites for hydroxylation is 1. The second-order valence-electron chi connectivity index (χ2n) is 4.38.